The molecule has 0 fully saturated rings. The number of nitrogens with two attached hydrogens (primary N) is 2. The second-order valence-corrected chi connectivity index (χ2v) is 12.5. The Hall–Kier alpha value is -2.61. The van der Waals surface area contributed by atoms with Gasteiger partial charge in [0.15, 0.2) is 0 Å². The first kappa shape index (κ1) is 29.5. The Labute approximate surface area is 249 Å². The summed E-state index contributed by atoms with van der Waals surface area (Å²) >= 11 is 0. The molecule has 3 aromatic carbocycles. The number of rotatable bonds is 9. The van der Waals surface area contributed by atoms with Crippen molar-refractivity contribution in [2.24, 2.45) is 11.5 Å². The minimum absolute atomic E-state index is 0.0162. The summed E-state index contributed by atoms with van der Waals surface area (Å²) < 4.78 is 32.1. The number of fused-ring (bicyclic) bond motifs is 3. The predicted molar refractivity (Wildman–Crippen MR) is 163 cm³/mol. The molecule has 3 heterocycles. The molecule has 0 aromatic heterocycles. The van der Waals surface area contributed by atoms with Gasteiger partial charge in [-0.05, 0) is 102 Å². The van der Waals surface area contributed by atoms with E-state index in [9.17, 15) is 4.39 Å². The maximum absolute atomic E-state index is 13.8. The van der Waals surface area contributed by atoms with E-state index in [0.29, 0.717) is 19.8 Å². The van der Waals surface area contributed by atoms with Crippen LogP contribution in [0.4, 0.5) is 4.39 Å². The molecule has 0 aliphatic carbocycles. The Kier molecular flexibility index (Phi) is 9.08. The number of aryl methyl sites for hydroxylation is 2. The molecule has 6 heteroatoms. The Morgan fingerprint density at radius 3 is 1.79 bits per heavy atom. The van der Waals surface area contributed by atoms with E-state index in [1.54, 1.807) is 6.07 Å². The van der Waals surface area contributed by atoms with Gasteiger partial charge in [-0.3, -0.25) is 0 Å². The summed E-state index contributed by atoms with van der Waals surface area (Å²) in [6, 6.07) is 18.2. The highest BCUT2D eigenvalue weighted by atomic mass is 19.1. The zero-order chi connectivity index (χ0) is 29.2. The van der Waals surface area contributed by atoms with E-state index < -0.39 is 0 Å². The monoisotopic (exact) mass is 572 g/mol. The van der Waals surface area contributed by atoms with Gasteiger partial charge in [0.25, 0.3) is 0 Å². The van der Waals surface area contributed by atoms with Crippen molar-refractivity contribution < 1.29 is 18.6 Å². The van der Waals surface area contributed by atoms with Gasteiger partial charge in [-0.15, -0.1) is 0 Å². The van der Waals surface area contributed by atoms with Gasteiger partial charge in [0.1, 0.15) is 5.82 Å². The van der Waals surface area contributed by atoms with Crippen molar-refractivity contribution in [2.45, 2.75) is 115 Å². The van der Waals surface area contributed by atoms with E-state index in [1.807, 2.05) is 6.07 Å². The summed E-state index contributed by atoms with van der Waals surface area (Å²) in [5, 5.41) is 0. The van der Waals surface area contributed by atoms with Crippen molar-refractivity contribution in [3.05, 3.63) is 105 Å². The van der Waals surface area contributed by atoms with Crippen LogP contribution in [0.5, 0.6) is 0 Å². The van der Waals surface area contributed by atoms with Crippen molar-refractivity contribution in [3.8, 4) is 0 Å². The third-order valence-electron chi connectivity index (χ3n) is 9.77. The van der Waals surface area contributed by atoms with Crippen LogP contribution in [0.15, 0.2) is 54.6 Å². The highest BCUT2D eigenvalue weighted by Crippen LogP contribution is 2.35. The lowest BCUT2D eigenvalue weighted by Gasteiger charge is -2.32. The molecule has 6 atom stereocenters. The Bertz CT molecular complexity index is 1390. The smallest absolute Gasteiger partial charge is 0.123 e. The fourth-order valence-corrected chi connectivity index (χ4v) is 7.13. The lowest BCUT2D eigenvalue weighted by Crippen LogP contribution is -2.34. The van der Waals surface area contributed by atoms with Crippen molar-refractivity contribution in [2.75, 3.05) is 0 Å². The Balaban J connectivity index is 1.02. The topological polar surface area (TPSA) is 79.7 Å². The number of hydrogen-bond acceptors (Lipinski definition) is 5. The lowest BCUT2D eigenvalue weighted by molar-refractivity contribution is 0.00257. The normalized spacial score (nSPS) is 26.8. The van der Waals surface area contributed by atoms with Gasteiger partial charge in [0.2, 0.25) is 0 Å². The van der Waals surface area contributed by atoms with Crippen LogP contribution in [-0.4, -0.2) is 18.3 Å². The van der Waals surface area contributed by atoms with Gasteiger partial charge in [-0.25, -0.2) is 4.39 Å². The third-order valence-corrected chi connectivity index (χ3v) is 9.77. The SMILES string of the molecule is CCC1OCc2ccc(CCCC3OCc4ccc(CCCC5OCc6ccc(F)cc6C5C)cc4C3N)cc2C1N. The second kappa shape index (κ2) is 12.9. The number of benzene rings is 3. The first-order valence-electron chi connectivity index (χ1n) is 15.8. The zero-order valence-corrected chi connectivity index (χ0v) is 25.0. The van der Waals surface area contributed by atoms with Gasteiger partial charge in [0, 0.05) is 5.92 Å². The molecule has 6 unspecified atom stereocenters. The lowest BCUT2D eigenvalue weighted by atomic mass is 9.86. The molecular formula is C36H45FN2O3. The van der Waals surface area contributed by atoms with Crippen LogP contribution in [0, 0.1) is 5.82 Å². The minimum Gasteiger partial charge on any atom is -0.373 e. The van der Waals surface area contributed by atoms with Crippen molar-refractivity contribution >= 4 is 0 Å². The zero-order valence-electron chi connectivity index (χ0n) is 25.0. The molecule has 4 N–H and O–H groups in total. The standard InChI is InChI=1S/C36H45FN2O3/c1-3-32-35(38)30-16-24(10-12-26(30)20-40-32)7-5-9-34-36(39)31-17-23(11-13-27(31)21-42-34)6-4-8-33-22(2)29-18-28(37)15-14-25(29)19-41-33/h10-18,22,32-36H,3-9,19-21,38-39H2,1-2H3. The first-order chi connectivity index (χ1) is 20.4. The maximum atomic E-state index is 13.8. The second-order valence-electron chi connectivity index (χ2n) is 12.5. The summed E-state index contributed by atoms with van der Waals surface area (Å²) in [7, 11) is 0. The largest absolute Gasteiger partial charge is 0.373 e. The van der Waals surface area contributed by atoms with E-state index in [0.717, 1.165) is 56.1 Å². The van der Waals surface area contributed by atoms with Crippen LogP contribution in [0.25, 0.3) is 0 Å². The molecule has 0 spiro atoms. The predicted octanol–water partition coefficient (Wildman–Crippen LogP) is 7.08. The summed E-state index contributed by atoms with van der Waals surface area (Å²) in [4.78, 5) is 0. The van der Waals surface area contributed by atoms with Gasteiger partial charge >= 0.3 is 0 Å². The molecule has 0 radical (unpaired) electrons. The van der Waals surface area contributed by atoms with Gasteiger partial charge in [0.05, 0.1) is 50.2 Å². The summed E-state index contributed by atoms with van der Waals surface area (Å²) in [5.74, 6) is 0.0255. The van der Waals surface area contributed by atoms with Crippen LogP contribution < -0.4 is 11.5 Å². The van der Waals surface area contributed by atoms with Crippen LogP contribution >= 0.6 is 0 Å². The van der Waals surface area contributed by atoms with Crippen molar-refractivity contribution in [1.29, 1.82) is 0 Å². The number of hydrogen-bond donors (Lipinski definition) is 2. The van der Waals surface area contributed by atoms with E-state index in [4.69, 9.17) is 25.7 Å². The molecule has 0 amide bonds. The highest BCUT2D eigenvalue weighted by Gasteiger charge is 2.30. The molecule has 3 aromatic rings. The third kappa shape index (κ3) is 6.20. The van der Waals surface area contributed by atoms with E-state index in [-0.39, 0.29) is 42.1 Å². The van der Waals surface area contributed by atoms with Crippen LogP contribution in [0.3, 0.4) is 0 Å². The van der Waals surface area contributed by atoms with Gasteiger partial charge < -0.3 is 25.7 Å². The molecule has 0 saturated heterocycles. The van der Waals surface area contributed by atoms with E-state index in [2.05, 4.69) is 50.2 Å². The van der Waals surface area contributed by atoms with Crippen LogP contribution in [0.1, 0.15) is 108 Å². The molecule has 42 heavy (non-hydrogen) atoms. The fraction of sp³-hybridized carbons (Fsp3) is 0.500. The van der Waals surface area contributed by atoms with E-state index in [1.165, 1.54) is 39.4 Å². The molecule has 3 aliphatic rings. The molecule has 0 bridgehead atoms. The van der Waals surface area contributed by atoms with Crippen LogP contribution in [-0.2, 0) is 46.9 Å². The molecule has 224 valence electrons. The average Bonchev–Trinajstić information content (AvgIpc) is 3.00. The molecular weight excluding hydrogens is 527 g/mol. The van der Waals surface area contributed by atoms with E-state index >= 15 is 0 Å². The quantitative estimate of drug-likeness (QED) is 0.286. The molecule has 3 aliphatic heterocycles. The summed E-state index contributed by atoms with van der Waals surface area (Å²) in [6.45, 7) is 6.11. The van der Waals surface area contributed by atoms with Crippen LogP contribution in [0.2, 0.25) is 0 Å². The summed E-state index contributed by atoms with van der Waals surface area (Å²) in [5.41, 5.74) is 23.0. The molecule has 0 saturated carbocycles. The van der Waals surface area contributed by atoms with Gasteiger partial charge in [-0.1, -0.05) is 56.3 Å². The highest BCUT2D eigenvalue weighted by molar-refractivity contribution is 5.38. The van der Waals surface area contributed by atoms with Gasteiger partial charge in [-0.2, -0.15) is 0 Å². The first-order valence-corrected chi connectivity index (χ1v) is 15.8. The minimum atomic E-state index is -0.169. The molecule has 5 nitrogen and oxygen atoms in total. The molecule has 6 rings (SSSR count). The fourth-order valence-electron chi connectivity index (χ4n) is 7.13. The number of halogens is 1. The maximum Gasteiger partial charge on any atom is 0.123 e. The summed E-state index contributed by atoms with van der Waals surface area (Å²) in [6.07, 6.45) is 7.01. The Morgan fingerprint density at radius 2 is 1.17 bits per heavy atom. The average molecular weight is 573 g/mol. The Morgan fingerprint density at radius 1 is 0.667 bits per heavy atom. The van der Waals surface area contributed by atoms with Crippen molar-refractivity contribution in [1.82, 2.24) is 0 Å². The number of ether oxygens (including phenoxy) is 3. The van der Waals surface area contributed by atoms with Crippen molar-refractivity contribution in [3.63, 3.8) is 0 Å².